The van der Waals surface area contributed by atoms with E-state index in [0.717, 1.165) is 6.26 Å². The lowest BCUT2D eigenvalue weighted by atomic mass is 10.0. The van der Waals surface area contributed by atoms with Crippen LogP contribution >= 0.6 is 0 Å². The molecule has 0 radical (unpaired) electrons. The summed E-state index contributed by atoms with van der Waals surface area (Å²) in [5, 5.41) is 11.4. The number of carbonyl (C=O) groups excluding carboxylic acids is 1. The molecule has 0 heterocycles. The van der Waals surface area contributed by atoms with Gasteiger partial charge in [0.15, 0.2) is 9.84 Å². The fraction of sp³-hybridized carbons (Fsp3) is 0.385. The van der Waals surface area contributed by atoms with Crippen molar-refractivity contribution in [1.82, 2.24) is 5.32 Å². The monoisotopic (exact) mass is 299 g/mol. The molecule has 0 aromatic heterocycles. The predicted octanol–water partition coefficient (Wildman–Crippen LogP) is 0.929. The zero-order chi connectivity index (χ0) is 15.5. The Kier molecular flexibility index (Phi) is 4.88. The summed E-state index contributed by atoms with van der Waals surface area (Å²) in [5.74, 6) is -2.15. The molecule has 110 valence electrons. The van der Waals surface area contributed by atoms with Gasteiger partial charge in [-0.15, -0.1) is 0 Å². The second-order valence-corrected chi connectivity index (χ2v) is 6.70. The number of carboxylic acids is 1. The van der Waals surface area contributed by atoms with Crippen molar-refractivity contribution in [3.05, 3.63) is 29.8 Å². The van der Waals surface area contributed by atoms with Crippen molar-refractivity contribution in [2.45, 2.75) is 24.8 Å². The van der Waals surface area contributed by atoms with Gasteiger partial charge in [0, 0.05) is 17.9 Å². The third-order valence-corrected chi connectivity index (χ3v) is 4.17. The van der Waals surface area contributed by atoms with E-state index in [9.17, 15) is 18.0 Å². The van der Waals surface area contributed by atoms with Crippen LogP contribution in [0.15, 0.2) is 29.2 Å². The number of hydrogen-bond acceptors (Lipinski definition) is 4. The van der Waals surface area contributed by atoms with Crippen molar-refractivity contribution in [2.75, 3.05) is 6.26 Å². The van der Waals surface area contributed by atoms with Crippen LogP contribution in [0.3, 0.4) is 0 Å². The van der Waals surface area contributed by atoms with Crippen molar-refractivity contribution < 1.29 is 23.1 Å². The molecule has 1 amide bonds. The second kappa shape index (κ2) is 6.04. The maximum atomic E-state index is 11.9. The first-order valence-corrected chi connectivity index (χ1v) is 7.86. The van der Waals surface area contributed by atoms with Crippen LogP contribution in [0, 0.1) is 5.92 Å². The Morgan fingerprint density at radius 3 is 2.05 bits per heavy atom. The van der Waals surface area contributed by atoms with Gasteiger partial charge in [-0.1, -0.05) is 0 Å². The zero-order valence-corrected chi connectivity index (χ0v) is 12.3. The van der Waals surface area contributed by atoms with E-state index in [4.69, 9.17) is 5.11 Å². The Balaban J connectivity index is 2.81. The molecule has 0 fully saturated rings. The minimum absolute atomic E-state index is 0.126. The Morgan fingerprint density at radius 1 is 1.15 bits per heavy atom. The average molecular weight is 299 g/mol. The topological polar surface area (TPSA) is 101 Å². The average Bonchev–Trinajstić information content (AvgIpc) is 2.36. The number of carboxylic acid groups (broad SMARTS) is 1. The van der Waals surface area contributed by atoms with Gasteiger partial charge in [0.25, 0.3) is 5.91 Å². The zero-order valence-electron chi connectivity index (χ0n) is 11.5. The van der Waals surface area contributed by atoms with Gasteiger partial charge in [-0.25, -0.2) is 8.42 Å². The van der Waals surface area contributed by atoms with Crippen molar-refractivity contribution in [1.29, 1.82) is 0 Å². The molecule has 2 unspecified atom stereocenters. The van der Waals surface area contributed by atoms with Crippen LogP contribution < -0.4 is 5.32 Å². The van der Waals surface area contributed by atoms with Gasteiger partial charge in [-0.3, -0.25) is 9.59 Å². The van der Waals surface area contributed by atoms with E-state index in [1.54, 1.807) is 6.92 Å². The van der Waals surface area contributed by atoms with Crippen LogP contribution in [-0.4, -0.2) is 37.7 Å². The fourth-order valence-corrected chi connectivity index (χ4v) is 2.11. The Labute approximate surface area is 117 Å². The summed E-state index contributed by atoms with van der Waals surface area (Å²) >= 11 is 0. The van der Waals surface area contributed by atoms with Gasteiger partial charge in [-0.05, 0) is 38.1 Å². The molecule has 0 saturated heterocycles. The molecule has 1 aromatic rings. The summed E-state index contributed by atoms with van der Waals surface area (Å²) in [4.78, 5) is 22.8. The number of sulfone groups is 1. The number of rotatable bonds is 5. The van der Waals surface area contributed by atoms with Crippen molar-refractivity contribution in [3.8, 4) is 0 Å². The lowest BCUT2D eigenvalue weighted by Gasteiger charge is -2.17. The highest BCUT2D eigenvalue weighted by Crippen LogP contribution is 2.11. The van der Waals surface area contributed by atoms with Gasteiger partial charge in [-0.2, -0.15) is 0 Å². The summed E-state index contributed by atoms with van der Waals surface area (Å²) in [6.07, 6.45) is 1.08. The minimum atomic E-state index is -3.30. The van der Waals surface area contributed by atoms with Crippen LogP contribution in [0.2, 0.25) is 0 Å². The van der Waals surface area contributed by atoms with Crippen molar-refractivity contribution >= 4 is 21.7 Å². The predicted molar refractivity (Wildman–Crippen MR) is 73.3 cm³/mol. The molecular weight excluding hydrogens is 282 g/mol. The molecule has 0 aliphatic rings. The first kappa shape index (κ1) is 16.2. The molecular formula is C13H17NO5S. The molecule has 1 aromatic carbocycles. The molecule has 7 heteroatoms. The molecule has 6 nitrogen and oxygen atoms in total. The number of hydrogen-bond donors (Lipinski definition) is 2. The first-order valence-electron chi connectivity index (χ1n) is 5.96. The van der Waals surface area contributed by atoms with Crippen LogP contribution in [0.1, 0.15) is 24.2 Å². The third kappa shape index (κ3) is 4.06. The van der Waals surface area contributed by atoms with Gasteiger partial charge in [0.05, 0.1) is 10.8 Å². The molecule has 2 atom stereocenters. The summed E-state index contributed by atoms with van der Waals surface area (Å²) in [6, 6.07) is 4.94. The normalized spacial score (nSPS) is 14.3. The molecule has 20 heavy (non-hydrogen) atoms. The van der Waals surface area contributed by atoms with Gasteiger partial charge in [0.2, 0.25) is 0 Å². The number of nitrogens with one attached hydrogen (secondary N) is 1. The molecule has 0 bridgehead atoms. The van der Waals surface area contributed by atoms with Crippen molar-refractivity contribution in [2.24, 2.45) is 5.92 Å². The minimum Gasteiger partial charge on any atom is -0.481 e. The summed E-state index contributed by atoms with van der Waals surface area (Å²) < 4.78 is 22.6. The number of benzene rings is 1. The number of aliphatic carboxylic acids is 1. The fourth-order valence-electron chi connectivity index (χ4n) is 1.48. The van der Waals surface area contributed by atoms with E-state index >= 15 is 0 Å². The summed E-state index contributed by atoms with van der Waals surface area (Å²) in [6.45, 7) is 3.10. The third-order valence-electron chi connectivity index (χ3n) is 3.04. The van der Waals surface area contributed by atoms with Crippen LogP contribution in [0.5, 0.6) is 0 Å². The van der Waals surface area contributed by atoms with E-state index in [-0.39, 0.29) is 10.5 Å². The van der Waals surface area contributed by atoms with Crippen molar-refractivity contribution in [3.63, 3.8) is 0 Å². The highest BCUT2D eigenvalue weighted by molar-refractivity contribution is 7.90. The summed E-state index contributed by atoms with van der Waals surface area (Å²) in [7, 11) is -3.30. The van der Waals surface area contributed by atoms with Gasteiger partial charge >= 0.3 is 5.97 Å². The molecule has 2 N–H and O–H groups in total. The quantitative estimate of drug-likeness (QED) is 0.842. The highest BCUT2D eigenvalue weighted by Gasteiger charge is 2.21. The molecule has 0 spiro atoms. The molecule has 1 rings (SSSR count). The van der Waals surface area contributed by atoms with Gasteiger partial charge in [0.1, 0.15) is 0 Å². The second-order valence-electron chi connectivity index (χ2n) is 4.69. The summed E-state index contributed by atoms with van der Waals surface area (Å²) in [5.41, 5.74) is 0.279. The van der Waals surface area contributed by atoms with E-state index in [2.05, 4.69) is 5.32 Å². The number of carbonyl (C=O) groups is 2. The molecule has 0 saturated carbocycles. The molecule has 0 aliphatic heterocycles. The van der Waals surface area contributed by atoms with E-state index in [0.29, 0.717) is 0 Å². The lowest BCUT2D eigenvalue weighted by molar-refractivity contribution is -0.141. The highest BCUT2D eigenvalue weighted by atomic mass is 32.2. The molecule has 0 aliphatic carbocycles. The number of amides is 1. The van der Waals surface area contributed by atoms with Gasteiger partial charge < -0.3 is 10.4 Å². The van der Waals surface area contributed by atoms with Crippen LogP contribution in [0.4, 0.5) is 0 Å². The smallest absolute Gasteiger partial charge is 0.308 e. The van der Waals surface area contributed by atoms with Crippen LogP contribution in [0.25, 0.3) is 0 Å². The van der Waals surface area contributed by atoms with Crippen LogP contribution in [-0.2, 0) is 14.6 Å². The SMILES string of the molecule is CC(NC(=O)c1ccc(S(C)(=O)=O)cc1)C(C)C(=O)O. The first-order chi connectivity index (χ1) is 9.12. The largest absolute Gasteiger partial charge is 0.481 e. The Bertz CT molecular complexity index is 606. The van der Waals surface area contributed by atoms with E-state index in [1.807, 2.05) is 0 Å². The lowest BCUT2D eigenvalue weighted by Crippen LogP contribution is -2.40. The van der Waals surface area contributed by atoms with E-state index in [1.165, 1.54) is 31.2 Å². The maximum Gasteiger partial charge on any atom is 0.308 e. The standard InChI is InChI=1S/C13H17NO5S/c1-8(13(16)17)9(2)14-12(15)10-4-6-11(7-5-10)20(3,18)19/h4-9H,1-3H3,(H,14,15)(H,16,17). The Morgan fingerprint density at radius 2 is 1.65 bits per heavy atom. The Hall–Kier alpha value is -1.89. The van der Waals surface area contributed by atoms with E-state index < -0.39 is 33.7 Å². The maximum absolute atomic E-state index is 11.9.